The van der Waals surface area contributed by atoms with Crippen molar-refractivity contribution in [2.45, 2.75) is 4.90 Å². The number of sulfonamides is 1. The summed E-state index contributed by atoms with van der Waals surface area (Å²) in [6.07, 6.45) is 3.01. The van der Waals surface area contributed by atoms with Gasteiger partial charge in [-0.2, -0.15) is 0 Å². The number of ketones is 1. The number of nitrogens with one attached hydrogen (secondary N) is 1. The minimum Gasteiger partial charge on any atom is -0.289 e. The first-order valence-corrected chi connectivity index (χ1v) is 11.3. The van der Waals surface area contributed by atoms with E-state index in [1.54, 1.807) is 60.7 Å². The summed E-state index contributed by atoms with van der Waals surface area (Å²) in [7, 11) is -3.78. The summed E-state index contributed by atoms with van der Waals surface area (Å²) in [6, 6.07) is 20.4. The minimum absolute atomic E-state index is 0.153. The molecule has 4 nitrogen and oxygen atoms in total. The van der Waals surface area contributed by atoms with Gasteiger partial charge in [-0.05, 0) is 52.3 Å². The molecule has 0 aliphatic carbocycles. The normalized spacial score (nSPS) is 11.5. The smallest absolute Gasteiger partial charge is 0.261 e. The van der Waals surface area contributed by atoms with Crippen LogP contribution in [0.4, 0.5) is 5.69 Å². The van der Waals surface area contributed by atoms with Crippen LogP contribution in [-0.2, 0) is 10.0 Å². The van der Waals surface area contributed by atoms with Crippen LogP contribution in [-0.4, -0.2) is 14.2 Å². The van der Waals surface area contributed by atoms with Gasteiger partial charge in [0.1, 0.15) is 0 Å². The monoisotopic (exact) mass is 519 g/mol. The summed E-state index contributed by atoms with van der Waals surface area (Å²) in [5.41, 5.74) is 1.45. The van der Waals surface area contributed by atoms with Crippen molar-refractivity contribution in [3.05, 3.63) is 98.9 Å². The van der Waals surface area contributed by atoms with E-state index in [2.05, 4.69) is 36.6 Å². The van der Waals surface area contributed by atoms with Gasteiger partial charge in [0.05, 0.1) is 10.6 Å². The van der Waals surface area contributed by atoms with E-state index < -0.39 is 10.0 Å². The highest BCUT2D eigenvalue weighted by Gasteiger charge is 2.17. The molecular weight excluding hydrogens is 506 g/mol. The highest BCUT2D eigenvalue weighted by atomic mass is 79.9. The number of halogens is 2. The lowest BCUT2D eigenvalue weighted by molar-refractivity contribution is 0.104. The molecule has 28 heavy (non-hydrogen) atoms. The molecule has 0 bridgehead atoms. The lowest BCUT2D eigenvalue weighted by atomic mass is 10.1. The summed E-state index contributed by atoms with van der Waals surface area (Å²) in [5.74, 6) is -0.173. The van der Waals surface area contributed by atoms with Gasteiger partial charge in [-0.25, -0.2) is 8.42 Å². The summed E-state index contributed by atoms with van der Waals surface area (Å²) in [6.45, 7) is 0. The third-order valence-corrected chi connectivity index (χ3v) is 6.30. The van der Waals surface area contributed by atoms with E-state index in [1.807, 2.05) is 6.07 Å². The van der Waals surface area contributed by atoms with Gasteiger partial charge in [0, 0.05) is 20.1 Å². The standard InChI is InChI=1S/C21H15Br2NO3S/c22-17-13-16(11-12-20(25)15-7-3-1-4-8-15)21(19(23)14-17)24-28(26,27)18-9-5-2-6-10-18/h1-14,24H/b12-11+. The molecule has 0 aliphatic heterocycles. The zero-order chi connectivity index (χ0) is 20.1. The van der Waals surface area contributed by atoms with E-state index in [4.69, 9.17) is 0 Å². The number of carbonyl (C=O) groups excluding carboxylic acids is 1. The molecule has 0 heterocycles. The largest absolute Gasteiger partial charge is 0.289 e. The van der Waals surface area contributed by atoms with Crippen molar-refractivity contribution < 1.29 is 13.2 Å². The van der Waals surface area contributed by atoms with E-state index in [0.717, 1.165) is 4.47 Å². The minimum atomic E-state index is -3.78. The second-order valence-electron chi connectivity index (χ2n) is 5.83. The molecule has 0 saturated carbocycles. The van der Waals surface area contributed by atoms with Gasteiger partial charge in [0.2, 0.25) is 0 Å². The molecule has 3 aromatic rings. The molecule has 0 amide bonds. The number of rotatable bonds is 6. The average Bonchev–Trinajstić information content (AvgIpc) is 2.69. The zero-order valence-corrected chi connectivity index (χ0v) is 18.5. The maximum absolute atomic E-state index is 12.7. The highest BCUT2D eigenvalue weighted by molar-refractivity contribution is 9.11. The van der Waals surface area contributed by atoms with Crippen molar-refractivity contribution in [1.82, 2.24) is 0 Å². The predicted octanol–water partition coefficient (Wildman–Crippen LogP) is 5.91. The van der Waals surface area contributed by atoms with Crippen molar-refractivity contribution in [1.29, 1.82) is 0 Å². The molecule has 3 rings (SSSR count). The number of carbonyl (C=O) groups is 1. The van der Waals surface area contributed by atoms with Crippen LogP contribution in [0.5, 0.6) is 0 Å². The van der Waals surface area contributed by atoms with Crippen molar-refractivity contribution in [2.24, 2.45) is 0 Å². The van der Waals surface area contributed by atoms with Crippen LogP contribution in [0.15, 0.2) is 92.7 Å². The quantitative estimate of drug-likeness (QED) is 0.324. The summed E-state index contributed by atoms with van der Waals surface area (Å²) in [5, 5.41) is 0. The Kier molecular flexibility index (Phi) is 6.49. The molecule has 0 saturated heterocycles. The van der Waals surface area contributed by atoms with E-state index >= 15 is 0 Å². The zero-order valence-electron chi connectivity index (χ0n) is 14.5. The Balaban J connectivity index is 1.96. The molecule has 1 N–H and O–H groups in total. The first-order chi connectivity index (χ1) is 13.4. The topological polar surface area (TPSA) is 63.2 Å². The second kappa shape index (κ2) is 8.86. The number of allylic oxidation sites excluding steroid dienone is 1. The van der Waals surface area contributed by atoms with Crippen molar-refractivity contribution in [2.75, 3.05) is 4.72 Å². The van der Waals surface area contributed by atoms with Gasteiger partial charge in [-0.1, -0.05) is 64.5 Å². The van der Waals surface area contributed by atoms with Crippen LogP contribution in [0.25, 0.3) is 6.08 Å². The van der Waals surface area contributed by atoms with Gasteiger partial charge < -0.3 is 0 Å². The number of hydrogen-bond acceptors (Lipinski definition) is 3. The number of anilines is 1. The van der Waals surface area contributed by atoms with Crippen LogP contribution in [0.1, 0.15) is 15.9 Å². The van der Waals surface area contributed by atoms with E-state index in [1.165, 1.54) is 18.2 Å². The Morgan fingerprint density at radius 3 is 2.14 bits per heavy atom. The van der Waals surface area contributed by atoms with Crippen LogP contribution < -0.4 is 4.72 Å². The molecule has 142 valence electrons. The average molecular weight is 521 g/mol. The Morgan fingerprint density at radius 2 is 1.50 bits per heavy atom. The Hall–Kier alpha value is -2.22. The summed E-state index contributed by atoms with van der Waals surface area (Å²) < 4.78 is 29.3. The highest BCUT2D eigenvalue weighted by Crippen LogP contribution is 2.33. The number of benzene rings is 3. The first kappa shape index (κ1) is 20.5. The molecule has 3 aromatic carbocycles. The molecule has 0 aromatic heterocycles. The van der Waals surface area contributed by atoms with Gasteiger partial charge in [-0.3, -0.25) is 9.52 Å². The van der Waals surface area contributed by atoms with E-state index in [9.17, 15) is 13.2 Å². The Bertz CT molecular complexity index is 1130. The summed E-state index contributed by atoms with van der Waals surface area (Å²) in [4.78, 5) is 12.5. The molecule has 0 fully saturated rings. The SMILES string of the molecule is O=C(/C=C/c1cc(Br)cc(Br)c1NS(=O)(=O)c1ccccc1)c1ccccc1. The Labute approximate surface area is 180 Å². The molecule has 0 atom stereocenters. The van der Waals surface area contributed by atoms with Crippen LogP contribution >= 0.6 is 31.9 Å². The van der Waals surface area contributed by atoms with Gasteiger partial charge >= 0.3 is 0 Å². The lowest BCUT2D eigenvalue weighted by Crippen LogP contribution is -2.14. The Morgan fingerprint density at radius 1 is 0.893 bits per heavy atom. The molecule has 0 aliphatic rings. The lowest BCUT2D eigenvalue weighted by Gasteiger charge is -2.13. The molecular formula is C21H15Br2NO3S. The van der Waals surface area contributed by atoms with Crippen LogP contribution in [0.3, 0.4) is 0 Å². The van der Waals surface area contributed by atoms with E-state index in [-0.39, 0.29) is 10.7 Å². The maximum atomic E-state index is 12.7. The molecule has 0 spiro atoms. The third-order valence-electron chi connectivity index (χ3n) is 3.85. The fourth-order valence-corrected chi connectivity index (χ4v) is 5.11. The first-order valence-electron chi connectivity index (χ1n) is 8.21. The fraction of sp³-hybridized carbons (Fsp3) is 0. The van der Waals surface area contributed by atoms with Crippen LogP contribution in [0.2, 0.25) is 0 Å². The molecule has 7 heteroatoms. The van der Waals surface area contributed by atoms with Crippen molar-refractivity contribution >= 4 is 59.4 Å². The fourth-order valence-electron chi connectivity index (χ4n) is 2.49. The van der Waals surface area contributed by atoms with Gasteiger partial charge in [0.15, 0.2) is 5.78 Å². The second-order valence-corrected chi connectivity index (χ2v) is 9.29. The van der Waals surface area contributed by atoms with Crippen LogP contribution in [0, 0.1) is 0 Å². The predicted molar refractivity (Wildman–Crippen MR) is 119 cm³/mol. The number of hydrogen-bond donors (Lipinski definition) is 1. The summed E-state index contributed by atoms with van der Waals surface area (Å²) >= 11 is 6.80. The van der Waals surface area contributed by atoms with E-state index in [0.29, 0.717) is 21.3 Å². The van der Waals surface area contributed by atoms with Gasteiger partial charge in [0.25, 0.3) is 10.0 Å². The maximum Gasteiger partial charge on any atom is 0.261 e. The van der Waals surface area contributed by atoms with Crippen molar-refractivity contribution in [3.63, 3.8) is 0 Å². The van der Waals surface area contributed by atoms with Crippen molar-refractivity contribution in [3.8, 4) is 0 Å². The molecule has 0 unspecified atom stereocenters. The van der Waals surface area contributed by atoms with Gasteiger partial charge in [-0.15, -0.1) is 0 Å². The molecule has 0 radical (unpaired) electrons. The third kappa shape index (κ3) is 4.98.